The second-order valence-electron chi connectivity index (χ2n) is 4.38. The van der Waals surface area contributed by atoms with Gasteiger partial charge in [0.05, 0.1) is 4.90 Å². The maximum atomic E-state index is 13.5. The number of nitrogens with one attached hydrogen (secondary N) is 1. The second kappa shape index (κ2) is 6.65. The van der Waals surface area contributed by atoms with Crippen molar-refractivity contribution in [1.82, 2.24) is 4.72 Å². The fourth-order valence-corrected chi connectivity index (χ4v) is 3.79. The Morgan fingerprint density at radius 3 is 2.57 bits per heavy atom. The lowest BCUT2D eigenvalue weighted by Crippen LogP contribution is -2.24. The van der Waals surface area contributed by atoms with Crippen molar-refractivity contribution in [1.29, 1.82) is 0 Å². The van der Waals surface area contributed by atoms with Gasteiger partial charge in [-0.25, -0.2) is 17.5 Å². The van der Waals surface area contributed by atoms with E-state index in [2.05, 4.69) is 20.7 Å². The molecule has 7 heteroatoms. The Labute approximate surface area is 131 Å². The molecule has 0 aliphatic rings. The molecule has 0 atom stereocenters. The third-order valence-electron chi connectivity index (χ3n) is 2.93. The minimum Gasteiger partial charge on any atom is -0.326 e. The molecule has 0 saturated carbocycles. The van der Waals surface area contributed by atoms with Crippen LogP contribution in [0.2, 0.25) is 0 Å². The molecule has 21 heavy (non-hydrogen) atoms. The van der Waals surface area contributed by atoms with Crippen molar-refractivity contribution in [3.05, 3.63) is 63.9 Å². The Hall–Kier alpha value is -1.28. The number of nitrogens with two attached hydrogens (primary N) is 1. The highest BCUT2D eigenvalue weighted by molar-refractivity contribution is 9.10. The van der Waals surface area contributed by atoms with Crippen molar-refractivity contribution in [2.75, 3.05) is 0 Å². The van der Waals surface area contributed by atoms with Gasteiger partial charge >= 0.3 is 0 Å². The average Bonchev–Trinajstić information content (AvgIpc) is 2.47. The van der Waals surface area contributed by atoms with E-state index < -0.39 is 15.8 Å². The second-order valence-corrected chi connectivity index (χ2v) is 6.97. The summed E-state index contributed by atoms with van der Waals surface area (Å²) in [5, 5.41) is 0. The van der Waals surface area contributed by atoms with E-state index in [0.717, 1.165) is 0 Å². The summed E-state index contributed by atoms with van der Waals surface area (Å²) in [6.45, 7) is 0.122. The lowest BCUT2D eigenvalue weighted by Gasteiger charge is -2.10. The molecule has 0 heterocycles. The predicted molar refractivity (Wildman–Crippen MR) is 82.5 cm³/mol. The normalized spacial score (nSPS) is 11.6. The number of sulfonamides is 1. The first kappa shape index (κ1) is 16.1. The molecule has 2 aromatic carbocycles. The van der Waals surface area contributed by atoms with Crippen LogP contribution >= 0.6 is 15.9 Å². The molecular formula is C14H14BrFN2O2S. The van der Waals surface area contributed by atoms with Gasteiger partial charge in [-0.2, -0.15) is 0 Å². The van der Waals surface area contributed by atoms with E-state index in [1.807, 2.05) is 0 Å². The van der Waals surface area contributed by atoms with E-state index in [0.29, 0.717) is 10.0 Å². The molecule has 112 valence electrons. The zero-order chi connectivity index (χ0) is 15.5. The third kappa shape index (κ3) is 3.88. The van der Waals surface area contributed by atoms with Crippen LogP contribution in [0.3, 0.4) is 0 Å². The van der Waals surface area contributed by atoms with Crippen LogP contribution in [0.5, 0.6) is 0 Å². The summed E-state index contributed by atoms with van der Waals surface area (Å²) in [5.74, 6) is -0.449. The number of benzene rings is 2. The Bertz CT molecular complexity index is 750. The molecule has 0 aliphatic carbocycles. The van der Waals surface area contributed by atoms with Crippen molar-refractivity contribution < 1.29 is 12.8 Å². The Morgan fingerprint density at radius 1 is 1.19 bits per heavy atom. The molecule has 0 bridgehead atoms. The fourth-order valence-electron chi connectivity index (χ4n) is 1.77. The molecule has 0 spiro atoms. The fraction of sp³-hybridized carbons (Fsp3) is 0.143. The Balaban J connectivity index is 2.25. The maximum Gasteiger partial charge on any atom is 0.242 e. The lowest BCUT2D eigenvalue weighted by atomic mass is 10.2. The average molecular weight is 373 g/mol. The van der Waals surface area contributed by atoms with Crippen molar-refractivity contribution in [3.8, 4) is 0 Å². The van der Waals surface area contributed by atoms with Crippen molar-refractivity contribution in [2.45, 2.75) is 18.0 Å². The van der Waals surface area contributed by atoms with Crippen LogP contribution in [0.4, 0.5) is 4.39 Å². The lowest BCUT2D eigenvalue weighted by molar-refractivity contribution is 0.574. The van der Waals surface area contributed by atoms with Crippen molar-refractivity contribution in [2.24, 2.45) is 5.73 Å². The molecule has 2 aromatic rings. The van der Waals surface area contributed by atoms with E-state index in [9.17, 15) is 12.8 Å². The highest BCUT2D eigenvalue weighted by Crippen LogP contribution is 2.23. The summed E-state index contributed by atoms with van der Waals surface area (Å²) in [6.07, 6.45) is 0. The molecule has 0 saturated heterocycles. The summed E-state index contributed by atoms with van der Waals surface area (Å²) in [4.78, 5) is 0.0850. The summed E-state index contributed by atoms with van der Waals surface area (Å²) in [7, 11) is -3.76. The van der Waals surface area contributed by atoms with E-state index in [-0.39, 0.29) is 23.5 Å². The highest BCUT2D eigenvalue weighted by Gasteiger charge is 2.18. The summed E-state index contributed by atoms with van der Waals surface area (Å²) < 4.78 is 40.9. The smallest absolute Gasteiger partial charge is 0.242 e. The molecule has 4 nitrogen and oxygen atoms in total. The van der Waals surface area contributed by atoms with Gasteiger partial charge in [0.2, 0.25) is 10.0 Å². The number of hydrogen-bond acceptors (Lipinski definition) is 3. The van der Waals surface area contributed by atoms with Gasteiger partial charge in [0, 0.05) is 23.1 Å². The van der Waals surface area contributed by atoms with Crippen LogP contribution in [0.25, 0.3) is 0 Å². The van der Waals surface area contributed by atoms with Gasteiger partial charge < -0.3 is 5.73 Å². The van der Waals surface area contributed by atoms with Gasteiger partial charge in [0.15, 0.2) is 0 Å². The van der Waals surface area contributed by atoms with Gasteiger partial charge in [0.1, 0.15) is 5.82 Å². The number of hydrogen-bond donors (Lipinski definition) is 2. The van der Waals surface area contributed by atoms with Crippen molar-refractivity contribution >= 4 is 26.0 Å². The largest absolute Gasteiger partial charge is 0.326 e. The summed E-state index contributed by atoms with van der Waals surface area (Å²) in [6, 6.07) is 10.9. The first-order valence-electron chi connectivity index (χ1n) is 6.15. The van der Waals surface area contributed by atoms with Crippen LogP contribution in [-0.2, 0) is 23.1 Å². The molecule has 0 unspecified atom stereocenters. The summed E-state index contributed by atoms with van der Waals surface area (Å²) >= 11 is 3.20. The monoisotopic (exact) mass is 372 g/mol. The van der Waals surface area contributed by atoms with Crippen LogP contribution < -0.4 is 10.5 Å². The van der Waals surface area contributed by atoms with Crippen LogP contribution in [-0.4, -0.2) is 8.42 Å². The minimum atomic E-state index is -3.76. The third-order valence-corrected chi connectivity index (χ3v) is 5.33. The zero-order valence-electron chi connectivity index (χ0n) is 11.0. The van der Waals surface area contributed by atoms with E-state index >= 15 is 0 Å². The van der Waals surface area contributed by atoms with Gasteiger partial charge in [-0.3, -0.25) is 0 Å². The standard InChI is InChI=1S/C14H14BrFN2O2S/c15-12-6-5-10(8-17)7-14(12)21(19,20)18-9-11-3-1-2-4-13(11)16/h1-7,18H,8-9,17H2. The van der Waals surface area contributed by atoms with Gasteiger partial charge in [-0.15, -0.1) is 0 Å². The van der Waals surface area contributed by atoms with Gasteiger partial charge in [0.25, 0.3) is 0 Å². The van der Waals surface area contributed by atoms with Crippen LogP contribution in [0, 0.1) is 5.82 Å². The molecule has 0 amide bonds. The Kier molecular flexibility index (Phi) is 5.10. The van der Waals surface area contributed by atoms with E-state index in [1.165, 1.54) is 18.2 Å². The quantitative estimate of drug-likeness (QED) is 0.846. The molecule has 0 aliphatic heterocycles. The maximum absolute atomic E-state index is 13.5. The van der Waals surface area contributed by atoms with Gasteiger partial charge in [-0.1, -0.05) is 24.3 Å². The first-order valence-corrected chi connectivity index (χ1v) is 8.43. The molecular weight excluding hydrogens is 359 g/mol. The van der Waals surface area contributed by atoms with E-state index in [4.69, 9.17) is 5.73 Å². The van der Waals surface area contributed by atoms with Gasteiger partial charge in [-0.05, 0) is 39.7 Å². The SMILES string of the molecule is NCc1ccc(Br)c(S(=O)(=O)NCc2ccccc2F)c1. The number of rotatable bonds is 5. The highest BCUT2D eigenvalue weighted by atomic mass is 79.9. The molecule has 0 radical (unpaired) electrons. The molecule has 2 rings (SSSR count). The Morgan fingerprint density at radius 2 is 1.90 bits per heavy atom. The molecule has 0 aromatic heterocycles. The number of halogens is 2. The van der Waals surface area contributed by atoms with Crippen molar-refractivity contribution in [3.63, 3.8) is 0 Å². The molecule has 0 fully saturated rings. The van der Waals surface area contributed by atoms with Crippen LogP contribution in [0.1, 0.15) is 11.1 Å². The van der Waals surface area contributed by atoms with E-state index in [1.54, 1.807) is 24.3 Å². The minimum absolute atomic E-state index is 0.0850. The predicted octanol–water partition coefficient (Wildman–Crippen LogP) is 2.53. The topological polar surface area (TPSA) is 72.2 Å². The zero-order valence-corrected chi connectivity index (χ0v) is 13.4. The first-order chi connectivity index (χ1) is 9.94. The summed E-state index contributed by atoms with van der Waals surface area (Å²) in [5.41, 5.74) is 6.50. The van der Waals surface area contributed by atoms with Crippen LogP contribution in [0.15, 0.2) is 51.8 Å². The molecule has 3 N–H and O–H groups in total.